The van der Waals surface area contributed by atoms with E-state index in [1.165, 1.54) is 49.7 Å². The summed E-state index contributed by atoms with van der Waals surface area (Å²) in [5.74, 6) is 2.44. The van der Waals surface area contributed by atoms with Crippen LogP contribution in [0.2, 0.25) is 0 Å². The molecule has 7 rings (SSSR count). The van der Waals surface area contributed by atoms with Crippen molar-refractivity contribution in [2.24, 2.45) is 0 Å². The third-order valence-corrected chi connectivity index (χ3v) is 11.2. The molecule has 0 spiro atoms. The summed E-state index contributed by atoms with van der Waals surface area (Å²) >= 11 is 0. The summed E-state index contributed by atoms with van der Waals surface area (Å²) in [5.41, 5.74) is 14.3. The van der Waals surface area contributed by atoms with Gasteiger partial charge in [-0.2, -0.15) is 0 Å². The van der Waals surface area contributed by atoms with Crippen molar-refractivity contribution >= 4 is 21.8 Å². The molecule has 0 aliphatic carbocycles. The van der Waals surface area contributed by atoms with Crippen LogP contribution in [0.15, 0.2) is 103 Å². The van der Waals surface area contributed by atoms with Gasteiger partial charge in [0.2, 0.25) is 0 Å². The van der Waals surface area contributed by atoms with Crippen LogP contribution < -0.4 is 4.74 Å². The normalized spacial score (nSPS) is 12.8. The summed E-state index contributed by atoms with van der Waals surface area (Å²) in [6.07, 6.45) is 4.08. The highest BCUT2D eigenvalue weighted by molar-refractivity contribution is 6.09. The highest BCUT2D eigenvalue weighted by atomic mass is 16.5. The van der Waals surface area contributed by atoms with Crippen LogP contribution in [0, 0.1) is 13.8 Å². The molecule has 0 N–H and O–H groups in total. The average molecular weight is 742 g/mol. The molecule has 0 radical (unpaired) electrons. The fourth-order valence-corrected chi connectivity index (χ4v) is 7.82. The maximum atomic E-state index is 6.70. The van der Waals surface area contributed by atoms with E-state index in [0.717, 1.165) is 45.2 Å². The van der Waals surface area contributed by atoms with E-state index in [4.69, 9.17) is 14.7 Å². The third-order valence-electron chi connectivity index (χ3n) is 11.2. The van der Waals surface area contributed by atoms with Gasteiger partial charge in [-0.15, -0.1) is 0 Å². The maximum absolute atomic E-state index is 6.70. The summed E-state index contributed by atoms with van der Waals surface area (Å²) in [6, 6.07) is 33.0. The zero-order chi connectivity index (χ0) is 40.5. The number of rotatable bonds is 5. The second-order valence-electron chi connectivity index (χ2n) is 19.9. The van der Waals surface area contributed by atoms with E-state index in [1.807, 2.05) is 18.3 Å². The quantitative estimate of drug-likeness (QED) is 0.176. The number of nitrogens with zero attached hydrogens (tertiary/aromatic N) is 3. The predicted octanol–water partition coefficient (Wildman–Crippen LogP) is 14.5. The number of pyridine rings is 2. The van der Waals surface area contributed by atoms with Crippen LogP contribution in [0.4, 0.5) is 0 Å². The summed E-state index contributed by atoms with van der Waals surface area (Å²) in [6.45, 7) is 31.6. The molecule has 288 valence electrons. The monoisotopic (exact) mass is 741 g/mol. The number of fused-ring (bicyclic) bond motifs is 3. The summed E-state index contributed by atoms with van der Waals surface area (Å²) < 4.78 is 9.01. The fraction of sp³-hybridized carbons (Fsp3) is 0.346. The molecule has 0 atom stereocenters. The lowest BCUT2D eigenvalue weighted by Gasteiger charge is -2.30. The SMILES string of the molecule is Cc1cc(C(C)(C)C)ccc1-c1cc(-c2cccc(Oc3ccc4c5cc(C(C)(C)C)ccc5n(-c5cc(C(C)(C)C)c(C(C)(C)C)cn5)c4c3)c2)ncc1C. The molecule has 0 fully saturated rings. The zero-order valence-corrected chi connectivity index (χ0v) is 36.1. The van der Waals surface area contributed by atoms with Crippen LogP contribution >= 0.6 is 0 Å². The Morgan fingerprint density at radius 2 is 1.14 bits per heavy atom. The second kappa shape index (κ2) is 13.8. The van der Waals surface area contributed by atoms with Crippen molar-refractivity contribution in [1.82, 2.24) is 14.5 Å². The minimum atomic E-state index is -0.0550. The molecule has 4 aromatic carbocycles. The van der Waals surface area contributed by atoms with Crippen molar-refractivity contribution in [3.05, 3.63) is 137 Å². The first kappa shape index (κ1) is 39.0. The Hall–Kier alpha value is -5.22. The molecule has 0 saturated carbocycles. The molecule has 0 aliphatic heterocycles. The van der Waals surface area contributed by atoms with Crippen LogP contribution in [0.1, 0.15) is 116 Å². The van der Waals surface area contributed by atoms with Gasteiger partial charge in [0.25, 0.3) is 0 Å². The molecule has 0 amide bonds. The van der Waals surface area contributed by atoms with Crippen molar-refractivity contribution in [1.29, 1.82) is 0 Å². The molecule has 0 aliphatic rings. The van der Waals surface area contributed by atoms with Crippen LogP contribution in [-0.4, -0.2) is 14.5 Å². The molecule has 0 saturated heterocycles. The fourth-order valence-electron chi connectivity index (χ4n) is 7.82. The first-order valence-corrected chi connectivity index (χ1v) is 20.1. The van der Waals surface area contributed by atoms with Gasteiger partial charge >= 0.3 is 0 Å². The van der Waals surface area contributed by atoms with Crippen molar-refractivity contribution in [2.45, 2.75) is 119 Å². The van der Waals surface area contributed by atoms with Gasteiger partial charge < -0.3 is 4.74 Å². The van der Waals surface area contributed by atoms with E-state index in [-0.39, 0.29) is 21.7 Å². The van der Waals surface area contributed by atoms with Crippen molar-refractivity contribution < 1.29 is 4.74 Å². The lowest BCUT2D eigenvalue weighted by Crippen LogP contribution is -2.23. The molecule has 3 aromatic heterocycles. The van der Waals surface area contributed by atoms with Crippen LogP contribution in [0.3, 0.4) is 0 Å². The Morgan fingerprint density at radius 1 is 0.482 bits per heavy atom. The van der Waals surface area contributed by atoms with E-state index < -0.39 is 0 Å². The lowest BCUT2D eigenvalue weighted by molar-refractivity contribution is 0.483. The summed E-state index contributed by atoms with van der Waals surface area (Å²) in [4.78, 5) is 10.0. The molecule has 0 unspecified atom stereocenters. The Balaban J connectivity index is 1.31. The van der Waals surface area contributed by atoms with Gasteiger partial charge in [0, 0.05) is 34.8 Å². The maximum Gasteiger partial charge on any atom is 0.137 e. The van der Waals surface area contributed by atoms with E-state index in [2.05, 4.69) is 187 Å². The van der Waals surface area contributed by atoms with E-state index in [9.17, 15) is 0 Å². The van der Waals surface area contributed by atoms with Crippen molar-refractivity contribution in [3.63, 3.8) is 0 Å². The number of hydrogen-bond acceptors (Lipinski definition) is 3. The Kier molecular flexibility index (Phi) is 9.59. The number of aryl methyl sites for hydroxylation is 2. The smallest absolute Gasteiger partial charge is 0.137 e. The highest BCUT2D eigenvalue weighted by Gasteiger charge is 2.27. The van der Waals surface area contributed by atoms with E-state index >= 15 is 0 Å². The average Bonchev–Trinajstić information content (AvgIpc) is 3.43. The highest BCUT2D eigenvalue weighted by Crippen LogP contribution is 2.40. The first-order valence-electron chi connectivity index (χ1n) is 20.1. The Labute approximate surface area is 335 Å². The van der Waals surface area contributed by atoms with Crippen molar-refractivity contribution in [2.75, 3.05) is 0 Å². The second-order valence-corrected chi connectivity index (χ2v) is 19.9. The van der Waals surface area contributed by atoms with E-state index in [0.29, 0.717) is 0 Å². The molecule has 0 bridgehead atoms. The molecular weight excluding hydrogens is 683 g/mol. The molecule has 7 aromatic rings. The van der Waals surface area contributed by atoms with Gasteiger partial charge in [0.05, 0.1) is 16.7 Å². The minimum absolute atomic E-state index is 0.0193. The lowest BCUT2D eigenvalue weighted by atomic mass is 9.76. The largest absolute Gasteiger partial charge is 0.457 e. The van der Waals surface area contributed by atoms with Gasteiger partial charge in [-0.3, -0.25) is 9.55 Å². The first-order chi connectivity index (χ1) is 26.1. The summed E-state index contributed by atoms with van der Waals surface area (Å²) in [7, 11) is 0. The Bertz CT molecular complexity index is 2610. The zero-order valence-electron chi connectivity index (χ0n) is 36.1. The van der Waals surface area contributed by atoms with Gasteiger partial charge in [-0.05, 0) is 129 Å². The van der Waals surface area contributed by atoms with Gasteiger partial charge in [-0.1, -0.05) is 119 Å². The number of hydrogen-bond donors (Lipinski definition) is 0. The number of aromatic nitrogens is 3. The van der Waals surface area contributed by atoms with Crippen molar-refractivity contribution in [3.8, 4) is 39.7 Å². The predicted molar refractivity (Wildman–Crippen MR) is 238 cm³/mol. The standard InChI is InChI=1S/C52H59N3O/c1-32-24-35(49(3,4)5)18-21-39(32)41-28-45(53-30-33(41)2)34-16-15-17-37(25-34)56-38-20-22-40-42-26-36(50(6,7)8)19-23-46(42)55(47(40)27-38)48-29-43(51(9,10)11)44(31-54-48)52(12,13)14/h15-31H,1-14H3. The molecule has 4 nitrogen and oxygen atoms in total. The third kappa shape index (κ3) is 7.51. The molecule has 3 heterocycles. The summed E-state index contributed by atoms with van der Waals surface area (Å²) in [5, 5.41) is 2.39. The Morgan fingerprint density at radius 3 is 1.80 bits per heavy atom. The van der Waals surface area contributed by atoms with Crippen LogP contribution in [0.25, 0.3) is 50.0 Å². The molecular formula is C52H59N3O. The number of ether oxygens (including phenoxy) is 1. The van der Waals surface area contributed by atoms with Gasteiger partial charge in [0.1, 0.15) is 17.3 Å². The van der Waals surface area contributed by atoms with Crippen LogP contribution in [0.5, 0.6) is 11.5 Å². The molecule has 4 heteroatoms. The molecule has 56 heavy (non-hydrogen) atoms. The number of benzene rings is 4. The van der Waals surface area contributed by atoms with Gasteiger partial charge in [-0.25, -0.2) is 4.98 Å². The van der Waals surface area contributed by atoms with E-state index in [1.54, 1.807) is 0 Å². The minimum Gasteiger partial charge on any atom is -0.457 e. The van der Waals surface area contributed by atoms with Crippen LogP contribution in [-0.2, 0) is 21.7 Å². The van der Waals surface area contributed by atoms with Gasteiger partial charge in [0.15, 0.2) is 0 Å². The topological polar surface area (TPSA) is 39.9 Å².